The third-order valence-electron chi connectivity index (χ3n) is 4.58. The molecule has 1 atom stereocenters. The number of thioether (sulfide) groups is 1. The van der Waals surface area contributed by atoms with Gasteiger partial charge < -0.3 is 5.32 Å². The summed E-state index contributed by atoms with van der Waals surface area (Å²) in [7, 11) is 0. The van der Waals surface area contributed by atoms with E-state index < -0.39 is 0 Å². The first kappa shape index (κ1) is 19.1. The van der Waals surface area contributed by atoms with Crippen molar-refractivity contribution < 1.29 is 4.79 Å². The van der Waals surface area contributed by atoms with Crippen molar-refractivity contribution in [1.82, 2.24) is 25.1 Å². The maximum atomic E-state index is 12.4. The first-order valence-electron chi connectivity index (χ1n) is 9.15. The van der Waals surface area contributed by atoms with Crippen LogP contribution in [0.5, 0.6) is 0 Å². The van der Waals surface area contributed by atoms with Gasteiger partial charge in [0.1, 0.15) is 0 Å². The maximum absolute atomic E-state index is 12.4. The zero-order valence-corrected chi connectivity index (χ0v) is 17.8. The smallest absolute Gasteiger partial charge is 0.230 e. The summed E-state index contributed by atoms with van der Waals surface area (Å²) in [6.45, 7) is 1.99. The van der Waals surface area contributed by atoms with Crippen LogP contribution in [-0.2, 0) is 4.79 Å². The van der Waals surface area contributed by atoms with Crippen LogP contribution in [-0.4, -0.2) is 31.4 Å². The van der Waals surface area contributed by atoms with E-state index in [9.17, 15) is 4.79 Å². The lowest BCUT2D eigenvalue weighted by Gasteiger charge is -2.14. The molecule has 0 bridgehead atoms. The second-order valence-corrected chi connectivity index (χ2v) is 8.64. The van der Waals surface area contributed by atoms with Gasteiger partial charge in [0.25, 0.3) is 0 Å². The number of halogens is 1. The van der Waals surface area contributed by atoms with Gasteiger partial charge in [0.05, 0.1) is 11.8 Å². The predicted octanol–water partition coefficient (Wildman–Crippen LogP) is 4.41. The molecular formula is C20H20BrN5OS. The van der Waals surface area contributed by atoms with Gasteiger partial charge in [0.15, 0.2) is 11.0 Å². The molecule has 1 aliphatic carbocycles. The van der Waals surface area contributed by atoms with Crippen LogP contribution >= 0.6 is 27.7 Å². The highest BCUT2D eigenvalue weighted by Gasteiger charge is 2.30. The summed E-state index contributed by atoms with van der Waals surface area (Å²) in [4.78, 5) is 16.6. The Hall–Kier alpha value is -2.19. The van der Waals surface area contributed by atoms with Crippen molar-refractivity contribution in [1.29, 1.82) is 0 Å². The summed E-state index contributed by atoms with van der Waals surface area (Å²) in [5, 5.41) is 12.5. The van der Waals surface area contributed by atoms with Crippen molar-refractivity contribution >= 4 is 33.6 Å². The van der Waals surface area contributed by atoms with Gasteiger partial charge in [-0.3, -0.25) is 14.3 Å². The fourth-order valence-electron chi connectivity index (χ4n) is 2.98. The molecule has 0 radical (unpaired) electrons. The molecule has 144 valence electrons. The number of aromatic nitrogens is 4. The monoisotopic (exact) mass is 457 g/mol. The molecule has 3 aromatic rings. The Bertz CT molecular complexity index is 956. The molecule has 1 unspecified atom stereocenters. The second-order valence-electron chi connectivity index (χ2n) is 6.78. The highest BCUT2D eigenvalue weighted by molar-refractivity contribution is 9.10. The van der Waals surface area contributed by atoms with E-state index in [-0.39, 0.29) is 11.9 Å². The molecule has 8 heteroatoms. The van der Waals surface area contributed by atoms with Gasteiger partial charge in [0, 0.05) is 28.5 Å². The van der Waals surface area contributed by atoms with E-state index in [1.165, 1.54) is 11.8 Å². The Labute approximate surface area is 176 Å². The molecule has 1 aliphatic rings. The van der Waals surface area contributed by atoms with Crippen LogP contribution in [0, 0.1) is 0 Å². The third kappa shape index (κ3) is 4.44. The van der Waals surface area contributed by atoms with E-state index in [0.717, 1.165) is 39.4 Å². The average molecular weight is 458 g/mol. The van der Waals surface area contributed by atoms with E-state index in [4.69, 9.17) is 0 Å². The maximum Gasteiger partial charge on any atom is 0.230 e. The first-order valence-corrected chi connectivity index (χ1v) is 10.9. The lowest BCUT2D eigenvalue weighted by molar-refractivity contribution is -0.119. The van der Waals surface area contributed by atoms with Crippen LogP contribution in [0.2, 0.25) is 0 Å². The minimum absolute atomic E-state index is 0.0197. The van der Waals surface area contributed by atoms with Crippen LogP contribution in [0.25, 0.3) is 11.4 Å². The van der Waals surface area contributed by atoms with E-state index in [1.54, 1.807) is 12.4 Å². The summed E-state index contributed by atoms with van der Waals surface area (Å²) in [5.41, 5.74) is 2.02. The Morgan fingerprint density at radius 1 is 1.29 bits per heavy atom. The molecule has 2 heterocycles. The number of carbonyl (C=O) groups is 1. The normalized spacial score (nSPS) is 14.6. The summed E-state index contributed by atoms with van der Waals surface area (Å²) in [6, 6.07) is 12.2. The van der Waals surface area contributed by atoms with Crippen LogP contribution in [0.15, 0.2) is 58.4 Å². The first-order chi connectivity index (χ1) is 13.6. The van der Waals surface area contributed by atoms with Crippen molar-refractivity contribution in [2.75, 3.05) is 5.75 Å². The molecular weight excluding hydrogens is 438 g/mol. The minimum atomic E-state index is -0.0477. The number of hydrogen-bond acceptors (Lipinski definition) is 5. The van der Waals surface area contributed by atoms with E-state index in [0.29, 0.717) is 11.8 Å². The summed E-state index contributed by atoms with van der Waals surface area (Å²) < 4.78 is 3.17. The molecule has 1 fully saturated rings. The van der Waals surface area contributed by atoms with Crippen molar-refractivity contribution in [3.63, 3.8) is 0 Å². The van der Waals surface area contributed by atoms with Gasteiger partial charge in [-0.1, -0.05) is 39.8 Å². The molecule has 2 aromatic heterocycles. The van der Waals surface area contributed by atoms with E-state index in [1.807, 2.05) is 43.3 Å². The van der Waals surface area contributed by atoms with E-state index in [2.05, 4.69) is 41.0 Å². The van der Waals surface area contributed by atoms with Crippen molar-refractivity contribution in [3.05, 3.63) is 58.8 Å². The summed E-state index contributed by atoms with van der Waals surface area (Å²) in [6.07, 6.45) is 5.77. The van der Waals surface area contributed by atoms with Crippen LogP contribution in [0.4, 0.5) is 0 Å². The topological polar surface area (TPSA) is 72.7 Å². The van der Waals surface area contributed by atoms with Gasteiger partial charge in [-0.05, 0) is 49.6 Å². The molecule has 28 heavy (non-hydrogen) atoms. The molecule has 1 N–H and O–H groups in total. The third-order valence-corrected chi connectivity index (χ3v) is 6.05. The highest BCUT2D eigenvalue weighted by Crippen LogP contribution is 2.40. The average Bonchev–Trinajstić information content (AvgIpc) is 3.46. The molecule has 0 saturated heterocycles. The number of pyridine rings is 1. The number of benzene rings is 1. The zero-order valence-electron chi connectivity index (χ0n) is 15.4. The Morgan fingerprint density at radius 2 is 2.07 bits per heavy atom. The van der Waals surface area contributed by atoms with Crippen molar-refractivity contribution in [3.8, 4) is 11.4 Å². The van der Waals surface area contributed by atoms with Crippen LogP contribution < -0.4 is 5.32 Å². The quantitative estimate of drug-likeness (QED) is 0.531. The SMILES string of the molecule is CC(NC(=O)CSc1nnc(-c2cccnc2)n1C1CC1)c1ccc(Br)cc1. The Balaban J connectivity index is 1.41. The lowest BCUT2D eigenvalue weighted by atomic mass is 10.1. The van der Waals surface area contributed by atoms with Gasteiger partial charge in [0.2, 0.25) is 5.91 Å². The largest absolute Gasteiger partial charge is 0.349 e. The number of nitrogens with zero attached hydrogens (tertiary/aromatic N) is 4. The predicted molar refractivity (Wildman–Crippen MR) is 113 cm³/mol. The zero-order chi connectivity index (χ0) is 19.5. The second kappa shape index (κ2) is 8.45. The molecule has 1 aromatic carbocycles. The molecule has 0 spiro atoms. The van der Waals surface area contributed by atoms with Gasteiger partial charge in [-0.2, -0.15) is 0 Å². The molecule has 1 amide bonds. The number of hydrogen-bond donors (Lipinski definition) is 1. The molecule has 6 nitrogen and oxygen atoms in total. The van der Waals surface area contributed by atoms with Gasteiger partial charge in [-0.25, -0.2) is 0 Å². The summed E-state index contributed by atoms with van der Waals surface area (Å²) >= 11 is 4.86. The molecule has 1 saturated carbocycles. The fourth-order valence-corrected chi connectivity index (χ4v) is 4.06. The minimum Gasteiger partial charge on any atom is -0.349 e. The van der Waals surface area contributed by atoms with Crippen molar-refractivity contribution in [2.45, 2.75) is 37.0 Å². The standard InChI is InChI=1S/C20H20BrN5OS/c1-13(14-4-6-16(21)7-5-14)23-18(27)12-28-20-25-24-19(26(20)17-8-9-17)15-3-2-10-22-11-15/h2-7,10-11,13,17H,8-9,12H2,1H3,(H,23,27). The van der Waals surface area contributed by atoms with Gasteiger partial charge in [-0.15, -0.1) is 10.2 Å². The lowest BCUT2D eigenvalue weighted by Crippen LogP contribution is -2.28. The number of rotatable bonds is 7. The Morgan fingerprint density at radius 3 is 2.75 bits per heavy atom. The number of amides is 1. The van der Waals surface area contributed by atoms with E-state index >= 15 is 0 Å². The Kier molecular flexibility index (Phi) is 5.77. The number of nitrogens with one attached hydrogen (secondary N) is 1. The fraction of sp³-hybridized carbons (Fsp3) is 0.300. The molecule has 4 rings (SSSR count). The molecule has 0 aliphatic heterocycles. The van der Waals surface area contributed by atoms with Crippen LogP contribution in [0.1, 0.15) is 37.4 Å². The summed E-state index contributed by atoms with van der Waals surface area (Å²) in [5.74, 6) is 1.11. The van der Waals surface area contributed by atoms with Gasteiger partial charge >= 0.3 is 0 Å². The number of carbonyl (C=O) groups excluding carboxylic acids is 1. The van der Waals surface area contributed by atoms with Crippen LogP contribution in [0.3, 0.4) is 0 Å². The van der Waals surface area contributed by atoms with Crippen molar-refractivity contribution in [2.24, 2.45) is 0 Å². The highest BCUT2D eigenvalue weighted by atomic mass is 79.9.